The Morgan fingerprint density at radius 1 is 1.31 bits per heavy atom. The number of aliphatic carboxylic acids is 2. The van der Waals surface area contributed by atoms with Crippen LogP contribution in [0.1, 0.15) is 6.92 Å². The van der Waals surface area contributed by atoms with Crippen molar-refractivity contribution >= 4 is 11.9 Å². The molecule has 0 aromatic carbocycles. The van der Waals surface area contributed by atoms with E-state index in [1.165, 1.54) is 13.0 Å². The van der Waals surface area contributed by atoms with Crippen LogP contribution in [-0.4, -0.2) is 28.7 Å². The van der Waals surface area contributed by atoms with E-state index in [1.807, 2.05) is 0 Å². The minimum Gasteiger partial charge on any atom is -0.478 e. The second kappa shape index (κ2) is 5.10. The zero-order chi connectivity index (χ0) is 10.4. The van der Waals surface area contributed by atoms with E-state index in [4.69, 9.17) is 15.9 Å². The zero-order valence-electron chi connectivity index (χ0n) is 7.15. The molecule has 0 heterocycles. The highest BCUT2D eigenvalue weighted by Crippen LogP contribution is 2.02. The minimum absolute atomic E-state index is 0.0397. The van der Waals surface area contributed by atoms with Gasteiger partial charge in [-0.25, -0.2) is 9.59 Å². The molecule has 0 spiro atoms. The molecular formula is C8H11NO4. The summed E-state index contributed by atoms with van der Waals surface area (Å²) in [5, 5.41) is 17.0. The van der Waals surface area contributed by atoms with E-state index in [0.717, 1.165) is 6.08 Å². The molecule has 0 aliphatic heterocycles. The Labute approximate surface area is 75.2 Å². The second-order valence-electron chi connectivity index (χ2n) is 2.33. The SMILES string of the molecule is CC(=CC(=CCN)C(=O)O)C(=O)O. The molecule has 0 aromatic heterocycles. The lowest BCUT2D eigenvalue weighted by atomic mass is 10.1. The molecule has 72 valence electrons. The highest BCUT2D eigenvalue weighted by atomic mass is 16.4. The molecule has 13 heavy (non-hydrogen) atoms. The van der Waals surface area contributed by atoms with Gasteiger partial charge in [0.05, 0.1) is 5.57 Å². The molecule has 0 rings (SSSR count). The molecule has 0 radical (unpaired) electrons. The van der Waals surface area contributed by atoms with Gasteiger partial charge in [0.1, 0.15) is 0 Å². The van der Waals surface area contributed by atoms with Crippen molar-refractivity contribution in [1.82, 2.24) is 0 Å². The minimum atomic E-state index is -1.19. The summed E-state index contributed by atoms with van der Waals surface area (Å²) in [6.07, 6.45) is 2.31. The van der Waals surface area contributed by atoms with Gasteiger partial charge < -0.3 is 15.9 Å². The Morgan fingerprint density at radius 3 is 2.15 bits per heavy atom. The van der Waals surface area contributed by atoms with Gasteiger partial charge in [0.25, 0.3) is 0 Å². The first kappa shape index (κ1) is 11.4. The highest BCUT2D eigenvalue weighted by molar-refractivity contribution is 5.94. The number of rotatable bonds is 4. The molecular weight excluding hydrogens is 174 g/mol. The quantitative estimate of drug-likeness (QED) is 0.422. The first-order valence-corrected chi connectivity index (χ1v) is 3.54. The summed E-state index contributed by atoms with van der Waals surface area (Å²) in [6.45, 7) is 1.38. The van der Waals surface area contributed by atoms with Gasteiger partial charge in [-0.15, -0.1) is 0 Å². The first-order valence-electron chi connectivity index (χ1n) is 3.54. The van der Waals surface area contributed by atoms with E-state index >= 15 is 0 Å². The summed E-state index contributed by atoms with van der Waals surface area (Å²) in [7, 11) is 0. The highest BCUT2D eigenvalue weighted by Gasteiger charge is 2.06. The Kier molecular flexibility index (Phi) is 4.47. The standard InChI is InChI=1S/C8H11NO4/c1-5(7(10)11)4-6(2-3-9)8(12)13/h2,4H,3,9H2,1H3,(H,10,11)(H,12,13). The van der Waals surface area contributed by atoms with E-state index < -0.39 is 11.9 Å². The molecule has 0 fully saturated rings. The van der Waals surface area contributed by atoms with E-state index in [2.05, 4.69) is 0 Å². The van der Waals surface area contributed by atoms with Crippen LogP contribution in [0.5, 0.6) is 0 Å². The largest absolute Gasteiger partial charge is 0.478 e. The van der Waals surface area contributed by atoms with Crippen molar-refractivity contribution in [1.29, 1.82) is 0 Å². The zero-order valence-corrected chi connectivity index (χ0v) is 7.15. The van der Waals surface area contributed by atoms with Crippen LogP contribution in [0, 0.1) is 0 Å². The number of nitrogens with two attached hydrogens (primary N) is 1. The average Bonchev–Trinajstić information content (AvgIpc) is 2.03. The Morgan fingerprint density at radius 2 is 1.85 bits per heavy atom. The summed E-state index contributed by atoms with van der Waals surface area (Å²) >= 11 is 0. The summed E-state index contributed by atoms with van der Waals surface area (Å²) in [6, 6.07) is 0. The number of hydrogen-bond donors (Lipinski definition) is 3. The van der Waals surface area contributed by atoms with Gasteiger partial charge in [0.15, 0.2) is 0 Å². The molecule has 5 heteroatoms. The van der Waals surface area contributed by atoms with Crippen LogP contribution >= 0.6 is 0 Å². The van der Waals surface area contributed by atoms with E-state index in [9.17, 15) is 9.59 Å². The van der Waals surface area contributed by atoms with Gasteiger partial charge in [-0.3, -0.25) is 0 Å². The third-order valence-corrected chi connectivity index (χ3v) is 1.29. The van der Waals surface area contributed by atoms with Crippen molar-refractivity contribution in [2.45, 2.75) is 6.92 Å². The lowest BCUT2D eigenvalue weighted by Gasteiger charge is -1.95. The number of hydrogen-bond acceptors (Lipinski definition) is 3. The van der Waals surface area contributed by atoms with Crippen LogP contribution in [0.15, 0.2) is 23.3 Å². The molecule has 0 amide bonds. The maximum atomic E-state index is 10.5. The molecule has 0 saturated heterocycles. The fourth-order valence-corrected chi connectivity index (χ4v) is 0.630. The van der Waals surface area contributed by atoms with Gasteiger partial charge in [-0.2, -0.15) is 0 Å². The van der Waals surface area contributed by atoms with Crippen molar-refractivity contribution in [2.24, 2.45) is 5.73 Å². The maximum absolute atomic E-state index is 10.5. The summed E-state index contributed by atoms with van der Waals surface area (Å²) in [4.78, 5) is 20.8. The smallest absolute Gasteiger partial charge is 0.335 e. The molecule has 0 aliphatic carbocycles. The second-order valence-corrected chi connectivity index (χ2v) is 2.33. The Bertz CT molecular complexity index is 278. The van der Waals surface area contributed by atoms with Crippen LogP contribution in [0.3, 0.4) is 0 Å². The summed E-state index contributed by atoms with van der Waals surface area (Å²) in [5.74, 6) is -2.34. The number of carbonyl (C=O) groups is 2. The van der Waals surface area contributed by atoms with Gasteiger partial charge in [0.2, 0.25) is 0 Å². The summed E-state index contributed by atoms with van der Waals surface area (Å²) < 4.78 is 0. The van der Waals surface area contributed by atoms with Gasteiger partial charge >= 0.3 is 11.9 Å². The predicted octanol–water partition coefficient (Wildman–Crippen LogP) is -0.0130. The van der Waals surface area contributed by atoms with E-state index in [0.29, 0.717) is 0 Å². The van der Waals surface area contributed by atoms with Crippen LogP contribution < -0.4 is 5.73 Å². The third-order valence-electron chi connectivity index (χ3n) is 1.29. The third kappa shape index (κ3) is 4.07. The first-order chi connectivity index (χ1) is 5.99. The molecule has 0 saturated carbocycles. The molecule has 4 N–H and O–H groups in total. The maximum Gasteiger partial charge on any atom is 0.335 e. The predicted molar refractivity (Wildman–Crippen MR) is 46.2 cm³/mol. The molecule has 0 bridgehead atoms. The molecule has 5 nitrogen and oxygen atoms in total. The van der Waals surface area contributed by atoms with Crippen molar-refractivity contribution < 1.29 is 19.8 Å². The Hall–Kier alpha value is -1.62. The van der Waals surface area contributed by atoms with Gasteiger partial charge in [0, 0.05) is 12.1 Å². The number of carboxylic acids is 2. The van der Waals surface area contributed by atoms with Gasteiger partial charge in [-0.1, -0.05) is 6.08 Å². The van der Waals surface area contributed by atoms with Crippen molar-refractivity contribution in [2.75, 3.05) is 6.54 Å². The fraction of sp³-hybridized carbons (Fsp3) is 0.250. The lowest BCUT2D eigenvalue weighted by Crippen LogP contribution is -2.05. The average molecular weight is 185 g/mol. The Balaban J connectivity index is 4.81. The molecule has 0 aliphatic rings. The van der Waals surface area contributed by atoms with Crippen molar-refractivity contribution in [3.8, 4) is 0 Å². The monoisotopic (exact) mass is 185 g/mol. The van der Waals surface area contributed by atoms with Crippen LogP contribution in [-0.2, 0) is 9.59 Å². The fourth-order valence-electron chi connectivity index (χ4n) is 0.630. The number of carboxylic acid groups (broad SMARTS) is 2. The van der Waals surface area contributed by atoms with Crippen molar-refractivity contribution in [3.05, 3.63) is 23.3 Å². The van der Waals surface area contributed by atoms with E-state index in [1.54, 1.807) is 0 Å². The van der Waals surface area contributed by atoms with Crippen LogP contribution in [0.2, 0.25) is 0 Å². The molecule has 0 aromatic rings. The molecule has 0 unspecified atom stereocenters. The summed E-state index contributed by atoms with van der Waals surface area (Å²) in [5.41, 5.74) is 4.95. The topological polar surface area (TPSA) is 101 Å². The normalized spacial score (nSPS) is 12.8. The van der Waals surface area contributed by atoms with Crippen molar-refractivity contribution in [3.63, 3.8) is 0 Å². The van der Waals surface area contributed by atoms with Gasteiger partial charge in [-0.05, 0) is 13.0 Å². The van der Waals surface area contributed by atoms with E-state index in [-0.39, 0.29) is 17.7 Å². The lowest BCUT2D eigenvalue weighted by molar-refractivity contribution is -0.132. The van der Waals surface area contributed by atoms with Crippen LogP contribution in [0.25, 0.3) is 0 Å². The van der Waals surface area contributed by atoms with Crippen LogP contribution in [0.4, 0.5) is 0 Å². The molecule has 0 atom stereocenters.